The van der Waals surface area contributed by atoms with Crippen LogP contribution >= 0.6 is 0 Å². The Hall–Kier alpha value is -2.90. The molecule has 8 heteroatoms. The first kappa shape index (κ1) is 14.5. The van der Waals surface area contributed by atoms with E-state index >= 15 is 0 Å². The van der Waals surface area contributed by atoms with Gasteiger partial charge in [-0.25, -0.2) is 4.98 Å². The highest BCUT2D eigenvalue weighted by atomic mass is 16.6. The number of carbonyl (C=O) groups excluding carboxylic acids is 1. The fraction of sp³-hybridized carbons (Fsp3) is 0.231. The van der Waals surface area contributed by atoms with Gasteiger partial charge < -0.3 is 15.0 Å². The van der Waals surface area contributed by atoms with Gasteiger partial charge in [-0.1, -0.05) is 6.07 Å². The van der Waals surface area contributed by atoms with E-state index in [1.54, 1.807) is 12.5 Å². The van der Waals surface area contributed by atoms with E-state index in [1.807, 2.05) is 10.8 Å². The summed E-state index contributed by atoms with van der Waals surface area (Å²) in [6.07, 6.45) is 5.83. The number of nitrogens with zero attached hydrogens (tertiary/aromatic N) is 3. The fourth-order valence-electron chi connectivity index (χ4n) is 1.84. The van der Waals surface area contributed by atoms with Crippen LogP contribution in [0.5, 0.6) is 5.75 Å². The Kier molecular flexibility index (Phi) is 4.50. The molecule has 0 aliphatic rings. The number of aryl methyl sites for hydroxylation is 1. The molecule has 2 N–H and O–H groups in total. The maximum atomic E-state index is 11.9. The number of nitro benzene ring substituents is 1. The lowest BCUT2D eigenvalue weighted by Gasteiger charge is -2.07. The number of phenols is 1. The molecule has 8 nitrogen and oxygen atoms in total. The van der Waals surface area contributed by atoms with Crippen molar-refractivity contribution >= 4 is 11.6 Å². The lowest BCUT2D eigenvalue weighted by molar-refractivity contribution is -0.385. The van der Waals surface area contributed by atoms with E-state index in [4.69, 9.17) is 0 Å². The van der Waals surface area contributed by atoms with Gasteiger partial charge in [-0.15, -0.1) is 0 Å². The third-order valence-electron chi connectivity index (χ3n) is 2.89. The summed E-state index contributed by atoms with van der Waals surface area (Å²) in [4.78, 5) is 25.8. The Labute approximate surface area is 120 Å². The number of para-hydroxylation sites is 1. The van der Waals surface area contributed by atoms with Crippen LogP contribution in [0.25, 0.3) is 0 Å². The van der Waals surface area contributed by atoms with Gasteiger partial charge in [0.1, 0.15) is 0 Å². The van der Waals surface area contributed by atoms with Gasteiger partial charge in [0.15, 0.2) is 0 Å². The van der Waals surface area contributed by atoms with Gasteiger partial charge in [-0.05, 0) is 12.5 Å². The minimum Gasteiger partial charge on any atom is -0.502 e. The predicted molar refractivity (Wildman–Crippen MR) is 73.9 cm³/mol. The van der Waals surface area contributed by atoms with Crippen molar-refractivity contribution in [2.24, 2.45) is 0 Å². The van der Waals surface area contributed by atoms with Gasteiger partial charge in [-0.2, -0.15) is 0 Å². The first-order valence-electron chi connectivity index (χ1n) is 6.30. The number of nitrogens with one attached hydrogen (secondary N) is 1. The van der Waals surface area contributed by atoms with Crippen LogP contribution in [0.15, 0.2) is 36.9 Å². The lowest BCUT2D eigenvalue weighted by atomic mass is 10.1. The molecule has 2 rings (SSSR count). The fourth-order valence-corrected chi connectivity index (χ4v) is 1.84. The van der Waals surface area contributed by atoms with Crippen LogP contribution in [0, 0.1) is 10.1 Å². The molecule has 1 amide bonds. The Morgan fingerprint density at radius 1 is 1.48 bits per heavy atom. The van der Waals surface area contributed by atoms with Crippen molar-refractivity contribution in [3.63, 3.8) is 0 Å². The van der Waals surface area contributed by atoms with E-state index in [2.05, 4.69) is 10.3 Å². The average molecular weight is 290 g/mol. The number of rotatable bonds is 6. The molecule has 0 radical (unpaired) electrons. The normalized spacial score (nSPS) is 10.3. The molecule has 0 atom stereocenters. The zero-order valence-electron chi connectivity index (χ0n) is 11.1. The molecule has 21 heavy (non-hydrogen) atoms. The van der Waals surface area contributed by atoms with Crippen molar-refractivity contribution in [1.29, 1.82) is 0 Å². The third-order valence-corrected chi connectivity index (χ3v) is 2.89. The van der Waals surface area contributed by atoms with Crippen LogP contribution in [0.3, 0.4) is 0 Å². The standard InChI is InChI=1S/C13H14N4O4/c18-12-10(3-1-4-11(12)17(20)21)13(19)15-5-2-7-16-8-6-14-9-16/h1,3-4,6,8-9,18H,2,5,7H2,(H,15,19). The second kappa shape index (κ2) is 6.51. The predicted octanol–water partition coefficient (Wildman–Crippen LogP) is 1.32. The molecule has 0 bridgehead atoms. The summed E-state index contributed by atoms with van der Waals surface area (Å²) in [6, 6.07) is 3.84. The first-order valence-corrected chi connectivity index (χ1v) is 6.30. The number of hydrogen-bond acceptors (Lipinski definition) is 5. The van der Waals surface area contributed by atoms with Crippen molar-refractivity contribution in [3.05, 3.63) is 52.6 Å². The number of amides is 1. The van der Waals surface area contributed by atoms with E-state index in [0.717, 1.165) is 6.07 Å². The Morgan fingerprint density at radius 2 is 2.29 bits per heavy atom. The number of aromatic hydroxyl groups is 1. The summed E-state index contributed by atoms with van der Waals surface area (Å²) < 4.78 is 1.87. The van der Waals surface area contributed by atoms with Gasteiger partial charge in [-0.3, -0.25) is 14.9 Å². The molecule has 0 aliphatic carbocycles. The van der Waals surface area contributed by atoms with Gasteiger partial charge in [0.05, 0.1) is 16.8 Å². The molecule has 1 heterocycles. The molecule has 0 saturated heterocycles. The topological polar surface area (TPSA) is 110 Å². The molecule has 0 unspecified atom stereocenters. The van der Waals surface area contributed by atoms with Crippen LogP contribution < -0.4 is 5.32 Å². The van der Waals surface area contributed by atoms with Crippen molar-refractivity contribution in [2.45, 2.75) is 13.0 Å². The van der Waals surface area contributed by atoms with Crippen LogP contribution in [0.1, 0.15) is 16.8 Å². The minimum atomic E-state index is -0.731. The molecule has 1 aromatic heterocycles. The highest BCUT2D eigenvalue weighted by molar-refractivity contribution is 5.98. The highest BCUT2D eigenvalue weighted by Gasteiger charge is 2.20. The van der Waals surface area contributed by atoms with E-state index in [9.17, 15) is 20.0 Å². The molecule has 2 aromatic rings. The van der Waals surface area contributed by atoms with Crippen molar-refractivity contribution in [3.8, 4) is 5.75 Å². The number of imidazole rings is 1. The number of nitro groups is 1. The average Bonchev–Trinajstić information content (AvgIpc) is 2.96. The van der Waals surface area contributed by atoms with E-state index < -0.39 is 22.3 Å². The number of hydrogen-bond donors (Lipinski definition) is 2. The summed E-state index contributed by atoms with van der Waals surface area (Å²) in [5, 5.41) is 23.0. The molecule has 110 valence electrons. The lowest BCUT2D eigenvalue weighted by Crippen LogP contribution is -2.25. The Bertz CT molecular complexity index is 640. The zero-order chi connectivity index (χ0) is 15.2. The summed E-state index contributed by atoms with van der Waals surface area (Å²) in [7, 11) is 0. The second-order valence-corrected chi connectivity index (χ2v) is 4.34. The number of benzene rings is 1. The van der Waals surface area contributed by atoms with E-state index in [-0.39, 0.29) is 5.56 Å². The molecule has 0 fully saturated rings. The van der Waals surface area contributed by atoms with Crippen molar-refractivity contribution < 1.29 is 14.8 Å². The summed E-state index contributed by atoms with van der Waals surface area (Å²) in [5.41, 5.74) is -0.590. The summed E-state index contributed by atoms with van der Waals surface area (Å²) in [6.45, 7) is 1.08. The van der Waals surface area contributed by atoms with Gasteiger partial charge in [0, 0.05) is 31.5 Å². The molecular weight excluding hydrogens is 276 g/mol. The van der Waals surface area contributed by atoms with Crippen molar-refractivity contribution in [2.75, 3.05) is 6.54 Å². The van der Waals surface area contributed by atoms with Gasteiger partial charge in [0.2, 0.25) is 5.75 Å². The van der Waals surface area contributed by atoms with Gasteiger partial charge >= 0.3 is 5.69 Å². The number of phenolic OH excluding ortho intramolecular Hbond substituents is 1. The molecule has 0 aliphatic heterocycles. The Morgan fingerprint density at radius 3 is 2.95 bits per heavy atom. The van der Waals surface area contributed by atoms with Crippen molar-refractivity contribution in [1.82, 2.24) is 14.9 Å². The second-order valence-electron chi connectivity index (χ2n) is 4.34. The highest BCUT2D eigenvalue weighted by Crippen LogP contribution is 2.28. The smallest absolute Gasteiger partial charge is 0.311 e. The van der Waals surface area contributed by atoms with Crippen LogP contribution in [-0.4, -0.2) is 32.0 Å². The van der Waals surface area contributed by atoms with Crippen LogP contribution in [-0.2, 0) is 6.54 Å². The first-order chi connectivity index (χ1) is 10.1. The number of aromatic nitrogens is 2. The van der Waals surface area contributed by atoms with Crippen LogP contribution in [0.2, 0.25) is 0 Å². The minimum absolute atomic E-state index is 0.105. The summed E-state index contributed by atoms with van der Waals surface area (Å²) in [5.74, 6) is -1.16. The molecular formula is C13H14N4O4. The monoisotopic (exact) mass is 290 g/mol. The largest absolute Gasteiger partial charge is 0.502 e. The maximum Gasteiger partial charge on any atom is 0.311 e. The third kappa shape index (κ3) is 3.56. The SMILES string of the molecule is O=C(NCCCn1ccnc1)c1cccc([N+](=O)[O-])c1O. The van der Waals surface area contributed by atoms with E-state index in [1.165, 1.54) is 12.1 Å². The molecule has 0 saturated carbocycles. The quantitative estimate of drug-likeness (QED) is 0.473. The molecule has 0 spiro atoms. The maximum absolute atomic E-state index is 11.9. The van der Waals surface area contributed by atoms with E-state index in [0.29, 0.717) is 19.5 Å². The van der Waals surface area contributed by atoms with Gasteiger partial charge in [0.25, 0.3) is 5.91 Å². The number of carbonyl (C=O) groups is 1. The van der Waals surface area contributed by atoms with Crippen LogP contribution in [0.4, 0.5) is 5.69 Å². The summed E-state index contributed by atoms with van der Waals surface area (Å²) >= 11 is 0. The Balaban J connectivity index is 1.91. The zero-order valence-corrected chi connectivity index (χ0v) is 11.1. The molecule has 1 aromatic carbocycles.